The van der Waals surface area contributed by atoms with Crippen molar-refractivity contribution in [3.63, 3.8) is 0 Å². The fraction of sp³-hybridized carbons (Fsp3) is 0.429. The van der Waals surface area contributed by atoms with Crippen LogP contribution in [0, 0.1) is 23.0 Å². The van der Waals surface area contributed by atoms with Gasteiger partial charge in [0.25, 0.3) is 0 Å². The van der Waals surface area contributed by atoms with Crippen LogP contribution in [-0.2, 0) is 4.79 Å². The summed E-state index contributed by atoms with van der Waals surface area (Å²) in [6, 6.07) is 5.71. The van der Waals surface area contributed by atoms with Gasteiger partial charge in [0.05, 0.1) is 32.9 Å². The van der Waals surface area contributed by atoms with E-state index in [1.807, 2.05) is 24.9 Å². The van der Waals surface area contributed by atoms with E-state index >= 15 is 4.39 Å². The van der Waals surface area contributed by atoms with Crippen molar-refractivity contribution in [2.24, 2.45) is 0 Å². The third kappa shape index (κ3) is 5.36. The molecule has 3 aliphatic rings. The van der Waals surface area contributed by atoms with Crippen molar-refractivity contribution in [1.82, 2.24) is 19.8 Å². The van der Waals surface area contributed by atoms with Crippen LogP contribution >= 0.6 is 22.9 Å². The number of hydrogen-bond donors (Lipinski definition) is 1. The van der Waals surface area contributed by atoms with Crippen LogP contribution in [0.15, 0.2) is 30.9 Å². The zero-order valence-electron chi connectivity index (χ0n) is 27.1. The molecule has 1 amide bonds. The molecule has 3 fully saturated rings. The summed E-state index contributed by atoms with van der Waals surface area (Å²) in [5, 5.41) is 10.5. The van der Waals surface area contributed by atoms with Crippen LogP contribution in [0.5, 0.6) is 6.01 Å². The number of nitriles is 1. The van der Waals surface area contributed by atoms with Gasteiger partial charge in [0, 0.05) is 42.9 Å². The zero-order valence-corrected chi connectivity index (χ0v) is 28.7. The maximum atomic E-state index is 17.1. The number of nitrogens with zero attached hydrogens (tertiary/aromatic N) is 6. The molecule has 49 heavy (non-hydrogen) atoms. The average molecular weight is 710 g/mol. The molecule has 0 spiro atoms. The van der Waals surface area contributed by atoms with E-state index in [4.69, 9.17) is 27.1 Å². The molecule has 7 rings (SSSR count). The summed E-state index contributed by atoms with van der Waals surface area (Å²) in [6.45, 7) is 7.41. The first-order chi connectivity index (χ1) is 23.5. The number of fused-ring (bicyclic) bond motifs is 3. The van der Waals surface area contributed by atoms with E-state index in [0.717, 1.165) is 30.7 Å². The SMILES string of the molecule is C=CC(=O)N1CCC(N(C)c2nc(OCC34CCCN3CC(F)C4)nc3c(F)c(-c4ccc(F)c5sc(N)c(C#N)c45)c(Cl)cc23)C1CC. The Hall–Kier alpha value is -4.12. The summed E-state index contributed by atoms with van der Waals surface area (Å²) >= 11 is 7.77. The number of halogens is 4. The van der Waals surface area contributed by atoms with Crippen LogP contribution in [0.4, 0.5) is 24.0 Å². The van der Waals surface area contributed by atoms with Gasteiger partial charge in [-0.1, -0.05) is 31.2 Å². The molecule has 2 aromatic carbocycles. The zero-order chi connectivity index (χ0) is 34.8. The molecule has 4 aromatic rings. The van der Waals surface area contributed by atoms with Crippen molar-refractivity contribution in [2.75, 3.05) is 43.9 Å². The third-order valence-corrected chi connectivity index (χ3v) is 11.8. The fourth-order valence-electron chi connectivity index (χ4n) is 8.23. The maximum Gasteiger partial charge on any atom is 0.319 e. The molecule has 4 atom stereocenters. The summed E-state index contributed by atoms with van der Waals surface area (Å²) in [7, 11) is 1.83. The molecule has 2 aromatic heterocycles. The summed E-state index contributed by atoms with van der Waals surface area (Å²) in [5.74, 6) is -1.22. The Morgan fingerprint density at radius 2 is 2.14 bits per heavy atom. The molecule has 2 N–H and O–H groups in total. The van der Waals surface area contributed by atoms with Crippen LogP contribution in [-0.4, -0.2) is 82.8 Å². The number of likely N-dealkylation sites (N-methyl/N-ethyl adjacent to an activating group) is 1. The minimum Gasteiger partial charge on any atom is -0.461 e. The Morgan fingerprint density at radius 1 is 1.35 bits per heavy atom. The van der Waals surface area contributed by atoms with Crippen molar-refractivity contribution >= 4 is 60.7 Å². The molecule has 14 heteroatoms. The van der Waals surface area contributed by atoms with Crippen LogP contribution in [0.1, 0.15) is 44.6 Å². The number of benzene rings is 2. The van der Waals surface area contributed by atoms with Crippen LogP contribution in [0.25, 0.3) is 32.1 Å². The second kappa shape index (κ2) is 12.6. The van der Waals surface area contributed by atoms with Gasteiger partial charge in [-0.2, -0.15) is 15.2 Å². The van der Waals surface area contributed by atoms with E-state index in [-0.39, 0.29) is 72.9 Å². The Kier molecular flexibility index (Phi) is 8.61. The number of thiophene rings is 1. The number of alkyl halides is 1. The van der Waals surface area contributed by atoms with Gasteiger partial charge in [0.1, 0.15) is 41.0 Å². The van der Waals surface area contributed by atoms with Gasteiger partial charge < -0.3 is 20.3 Å². The smallest absolute Gasteiger partial charge is 0.319 e. The highest BCUT2D eigenvalue weighted by Gasteiger charge is 2.49. The minimum atomic E-state index is -0.961. The molecule has 256 valence electrons. The normalized spacial score (nSPS) is 23.7. The number of likely N-dealkylation sites (tertiary alicyclic amines) is 1. The van der Waals surface area contributed by atoms with Gasteiger partial charge in [0.2, 0.25) is 5.91 Å². The van der Waals surface area contributed by atoms with Crippen LogP contribution < -0.4 is 15.4 Å². The topological polar surface area (TPSA) is 112 Å². The number of rotatable bonds is 8. The monoisotopic (exact) mass is 709 g/mol. The van der Waals surface area contributed by atoms with Crippen molar-refractivity contribution in [2.45, 2.75) is 62.8 Å². The van der Waals surface area contributed by atoms with Crippen molar-refractivity contribution < 1.29 is 22.7 Å². The van der Waals surface area contributed by atoms with Crippen molar-refractivity contribution in [3.8, 4) is 23.2 Å². The molecule has 0 bridgehead atoms. The highest BCUT2D eigenvalue weighted by Crippen LogP contribution is 2.46. The molecule has 3 aliphatic heterocycles. The summed E-state index contributed by atoms with van der Waals surface area (Å²) in [5.41, 5.74) is 5.64. The molecular weight excluding hydrogens is 675 g/mol. The Balaban J connectivity index is 1.39. The highest BCUT2D eigenvalue weighted by molar-refractivity contribution is 7.23. The highest BCUT2D eigenvalue weighted by atomic mass is 35.5. The van der Waals surface area contributed by atoms with E-state index in [2.05, 4.69) is 16.5 Å². The van der Waals surface area contributed by atoms with Gasteiger partial charge in [0.15, 0.2) is 5.82 Å². The number of ether oxygens (including phenoxy) is 1. The van der Waals surface area contributed by atoms with Gasteiger partial charge in [-0.15, -0.1) is 11.3 Å². The lowest BCUT2D eigenvalue weighted by Crippen LogP contribution is -2.45. The summed E-state index contributed by atoms with van der Waals surface area (Å²) < 4.78 is 52.9. The molecule has 5 heterocycles. The molecule has 0 saturated carbocycles. The van der Waals surface area contributed by atoms with Gasteiger partial charge in [-0.05, 0) is 56.0 Å². The number of amides is 1. The van der Waals surface area contributed by atoms with Crippen molar-refractivity contribution in [3.05, 3.63) is 53.1 Å². The first-order valence-corrected chi connectivity index (χ1v) is 17.5. The van der Waals surface area contributed by atoms with E-state index in [1.165, 1.54) is 18.2 Å². The fourth-order valence-corrected chi connectivity index (χ4v) is 9.47. The molecule has 0 radical (unpaired) electrons. The van der Waals surface area contributed by atoms with Gasteiger partial charge in [-0.3, -0.25) is 9.69 Å². The Labute approximate surface area is 290 Å². The number of nitrogens with two attached hydrogens (primary N) is 1. The molecular formula is C35H35ClF3N7O2S. The number of anilines is 2. The number of carbonyl (C=O) groups is 1. The standard InChI is InChI=1S/C35H35ClF3N7O2S/c1-4-24-25(9-12-46(24)26(47)5-2)44(3)33-20-13-22(36)28(19-7-8-23(38)31-27(19)21(15-40)32(41)49-31)29(39)30(20)42-34(43-33)48-17-35-10-6-11-45(35)16-18(37)14-35/h5,7-8,13,18,24-25H,2,4,6,9-12,14,16-17,41H2,1,3H3. The second-order valence-corrected chi connectivity index (χ2v) is 14.5. The summed E-state index contributed by atoms with van der Waals surface area (Å²) in [4.78, 5) is 27.9. The largest absolute Gasteiger partial charge is 0.461 e. The number of nitrogen functional groups attached to an aromatic ring is 1. The van der Waals surface area contributed by atoms with Crippen molar-refractivity contribution in [1.29, 1.82) is 5.26 Å². The lowest BCUT2D eigenvalue weighted by Gasteiger charge is -2.34. The number of carbonyl (C=O) groups excluding carboxylic acids is 1. The third-order valence-electron chi connectivity index (χ3n) is 10.5. The lowest BCUT2D eigenvalue weighted by molar-refractivity contribution is -0.126. The minimum absolute atomic E-state index is 0.000780. The van der Waals surface area contributed by atoms with Crippen LogP contribution in [0.3, 0.4) is 0 Å². The first kappa shape index (κ1) is 33.4. The second-order valence-electron chi connectivity index (χ2n) is 13.1. The molecule has 3 saturated heterocycles. The summed E-state index contributed by atoms with van der Waals surface area (Å²) in [6.07, 6.45) is 3.65. The Bertz CT molecular complexity index is 2050. The number of aromatic nitrogens is 2. The van der Waals surface area contributed by atoms with E-state index < -0.39 is 23.3 Å². The molecule has 4 unspecified atom stereocenters. The lowest BCUT2D eigenvalue weighted by atomic mass is 9.95. The first-order valence-electron chi connectivity index (χ1n) is 16.3. The molecule has 9 nitrogen and oxygen atoms in total. The quantitative estimate of drug-likeness (QED) is 0.198. The van der Waals surface area contributed by atoms with Gasteiger partial charge in [-0.25, -0.2) is 13.2 Å². The maximum absolute atomic E-state index is 17.1. The predicted molar refractivity (Wildman–Crippen MR) is 186 cm³/mol. The number of hydrogen-bond acceptors (Lipinski definition) is 9. The van der Waals surface area contributed by atoms with E-state index in [1.54, 1.807) is 11.0 Å². The average Bonchev–Trinajstić information content (AvgIpc) is 3.84. The molecule has 0 aliphatic carbocycles. The van der Waals surface area contributed by atoms with E-state index in [0.29, 0.717) is 43.6 Å². The predicted octanol–water partition coefficient (Wildman–Crippen LogP) is 6.85. The van der Waals surface area contributed by atoms with Crippen LogP contribution in [0.2, 0.25) is 5.02 Å². The van der Waals surface area contributed by atoms with E-state index in [9.17, 15) is 18.8 Å². The Morgan fingerprint density at radius 3 is 2.88 bits per heavy atom. The van der Waals surface area contributed by atoms with Gasteiger partial charge >= 0.3 is 6.01 Å².